The largest absolute Gasteiger partial charge is 0.472 e. The Bertz CT molecular complexity index is 1120. The zero-order valence-electron chi connectivity index (χ0n) is 18.8. The highest BCUT2D eigenvalue weighted by Gasteiger charge is 2.25. The van der Waals surface area contributed by atoms with Crippen LogP contribution in [0.4, 0.5) is 0 Å². The maximum Gasteiger partial charge on any atom is 0.257 e. The van der Waals surface area contributed by atoms with E-state index in [1.807, 2.05) is 0 Å². The number of amides is 1. The first-order valence-electron chi connectivity index (χ1n) is 10.5. The third-order valence-electron chi connectivity index (χ3n) is 4.76. The number of carbonyl (C=O) groups excluding carboxylic acids is 1. The number of benzene rings is 1. The smallest absolute Gasteiger partial charge is 0.257 e. The third kappa shape index (κ3) is 6.84. The molecule has 1 aromatic heterocycles. The fourth-order valence-electron chi connectivity index (χ4n) is 3.22. The normalized spacial score (nSPS) is 15.4. The van der Waals surface area contributed by atoms with Gasteiger partial charge in [-0.15, -0.1) is 0 Å². The fraction of sp³-hybridized carbons (Fsp3) is 0.381. The monoisotopic (exact) mass is 509 g/mol. The van der Waals surface area contributed by atoms with E-state index >= 15 is 0 Å². The van der Waals surface area contributed by atoms with Gasteiger partial charge >= 0.3 is 0 Å². The van der Waals surface area contributed by atoms with Crippen LogP contribution in [0, 0.1) is 0 Å². The minimum absolute atomic E-state index is 0.0629. The van der Waals surface area contributed by atoms with Crippen molar-refractivity contribution >= 4 is 33.3 Å². The summed E-state index contributed by atoms with van der Waals surface area (Å²) in [7, 11) is -2.05. The molecule has 184 valence electrons. The molecule has 0 aliphatic carbocycles. The summed E-state index contributed by atoms with van der Waals surface area (Å²) in [5.74, 6) is -0.0306. The summed E-state index contributed by atoms with van der Waals surface area (Å²) in [6.07, 6.45) is -0.339. The predicted octanol–water partition coefficient (Wildman–Crippen LogP) is 0.855. The lowest BCUT2D eigenvalue weighted by Crippen LogP contribution is -2.46. The highest BCUT2D eigenvalue weighted by molar-refractivity contribution is 7.89. The van der Waals surface area contributed by atoms with Crippen LogP contribution < -0.4 is 25.8 Å². The van der Waals surface area contributed by atoms with Crippen LogP contribution in [0.1, 0.15) is 17.3 Å². The molecule has 3 rings (SSSR count). The van der Waals surface area contributed by atoms with Crippen molar-refractivity contribution in [2.75, 3.05) is 39.9 Å². The van der Waals surface area contributed by atoms with Crippen molar-refractivity contribution in [1.82, 2.24) is 19.9 Å². The number of carbonyl (C=O) groups is 1. The molecule has 1 saturated heterocycles. The molecule has 34 heavy (non-hydrogen) atoms. The molecular formula is C21H27N5O6S2. The molecule has 0 unspecified atom stereocenters. The summed E-state index contributed by atoms with van der Waals surface area (Å²) in [5.41, 5.74) is 5.56. The van der Waals surface area contributed by atoms with Crippen molar-refractivity contribution < 1.29 is 27.4 Å². The van der Waals surface area contributed by atoms with E-state index in [2.05, 4.69) is 15.6 Å². The first kappa shape index (κ1) is 25.8. The van der Waals surface area contributed by atoms with Gasteiger partial charge in [0.15, 0.2) is 5.11 Å². The zero-order chi connectivity index (χ0) is 24.7. The lowest BCUT2D eigenvalue weighted by atomic mass is 10.2. The maximum atomic E-state index is 12.8. The van der Waals surface area contributed by atoms with Crippen molar-refractivity contribution in [2.24, 2.45) is 5.73 Å². The summed E-state index contributed by atoms with van der Waals surface area (Å²) in [5, 5.41) is 5.29. The van der Waals surface area contributed by atoms with Gasteiger partial charge in [-0.1, -0.05) is 0 Å². The standard InChI is InChI=1S/C21H27N5O6S2/c1-14(13-30-2)31-18-11-15(20(27)25-21(22)33)12-19(24-18)32-16-3-5-17(6-4-16)34(28,29)26-9-7-23-8-10-26/h3-6,11-12,14,23H,7-10,13H2,1-2H3,(H3,22,25,27,33)/t14-/m1/s1. The Hall–Kier alpha value is -2.84. The van der Waals surface area contributed by atoms with E-state index in [0.717, 1.165) is 0 Å². The molecule has 4 N–H and O–H groups in total. The van der Waals surface area contributed by atoms with Gasteiger partial charge in [-0.3, -0.25) is 10.1 Å². The summed E-state index contributed by atoms with van der Waals surface area (Å²) in [4.78, 5) is 16.9. The van der Waals surface area contributed by atoms with Gasteiger partial charge in [0, 0.05) is 45.4 Å². The number of ether oxygens (including phenoxy) is 3. The summed E-state index contributed by atoms with van der Waals surface area (Å²) in [6.45, 7) is 4.14. The van der Waals surface area contributed by atoms with Gasteiger partial charge in [0.05, 0.1) is 17.1 Å². The number of nitrogens with zero attached hydrogens (tertiary/aromatic N) is 2. The van der Waals surface area contributed by atoms with E-state index in [9.17, 15) is 13.2 Å². The Labute approximate surface area is 203 Å². The number of hydrogen-bond acceptors (Lipinski definition) is 9. The minimum Gasteiger partial charge on any atom is -0.472 e. The molecule has 11 nitrogen and oxygen atoms in total. The number of thiocarbonyl (C=S) groups is 1. The highest BCUT2D eigenvalue weighted by atomic mass is 32.2. The number of hydrogen-bond donors (Lipinski definition) is 3. The van der Waals surface area contributed by atoms with Crippen LogP contribution in [0.25, 0.3) is 0 Å². The average molecular weight is 510 g/mol. The van der Waals surface area contributed by atoms with E-state index in [-0.39, 0.29) is 33.4 Å². The Morgan fingerprint density at radius 1 is 1.24 bits per heavy atom. The zero-order valence-corrected chi connectivity index (χ0v) is 20.4. The molecule has 13 heteroatoms. The van der Waals surface area contributed by atoms with Crippen molar-refractivity contribution in [3.8, 4) is 17.5 Å². The Kier molecular flexibility index (Phi) is 8.74. The minimum atomic E-state index is -3.59. The predicted molar refractivity (Wildman–Crippen MR) is 129 cm³/mol. The molecule has 1 aliphatic heterocycles. The Morgan fingerprint density at radius 2 is 1.88 bits per heavy atom. The van der Waals surface area contributed by atoms with Crippen LogP contribution in [0.2, 0.25) is 0 Å². The van der Waals surface area contributed by atoms with Crippen molar-refractivity contribution in [2.45, 2.75) is 17.9 Å². The molecule has 1 amide bonds. The van der Waals surface area contributed by atoms with Crippen molar-refractivity contribution in [3.63, 3.8) is 0 Å². The van der Waals surface area contributed by atoms with Gasteiger partial charge in [-0.25, -0.2) is 8.42 Å². The molecule has 1 atom stereocenters. The molecule has 2 aromatic rings. The second-order valence-corrected chi connectivity index (χ2v) is 9.84. The van der Waals surface area contributed by atoms with Crippen LogP contribution >= 0.6 is 12.2 Å². The number of nitrogens with one attached hydrogen (secondary N) is 2. The summed E-state index contributed by atoms with van der Waals surface area (Å²) < 4.78 is 43.6. The molecule has 2 heterocycles. The van der Waals surface area contributed by atoms with E-state index in [1.54, 1.807) is 14.0 Å². The molecule has 1 fully saturated rings. The van der Waals surface area contributed by atoms with E-state index < -0.39 is 15.9 Å². The first-order valence-corrected chi connectivity index (χ1v) is 12.3. The second kappa shape index (κ2) is 11.5. The van der Waals surface area contributed by atoms with Crippen molar-refractivity contribution in [1.29, 1.82) is 0 Å². The van der Waals surface area contributed by atoms with Crippen LogP contribution in [0.5, 0.6) is 17.5 Å². The molecular weight excluding hydrogens is 482 g/mol. The molecule has 0 saturated carbocycles. The topological polar surface area (TPSA) is 145 Å². The number of pyridine rings is 1. The molecule has 0 radical (unpaired) electrons. The molecule has 0 bridgehead atoms. The molecule has 0 spiro atoms. The number of methoxy groups -OCH3 is 1. The molecule has 1 aliphatic rings. The van der Waals surface area contributed by atoms with Gasteiger partial charge < -0.3 is 25.3 Å². The van der Waals surface area contributed by atoms with Gasteiger partial charge in [-0.2, -0.15) is 9.29 Å². The Morgan fingerprint density at radius 3 is 2.50 bits per heavy atom. The number of rotatable bonds is 9. The van der Waals surface area contributed by atoms with Crippen molar-refractivity contribution in [3.05, 3.63) is 42.0 Å². The van der Waals surface area contributed by atoms with Crippen LogP contribution in [0.15, 0.2) is 41.3 Å². The number of nitrogens with two attached hydrogens (primary N) is 1. The Balaban J connectivity index is 1.82. The second-order valence-electron chi connectivity index (χ2n) is 7.46. The fourth-order valence-corrected chi connectivity index (χ4v) is 4.75. The lowest BCUT2D eigenvalue weighted by Gasteiger charge is -2.26. The number of piperazine rings is 1. The number of sulfonamides is 1. The van der Waals surface area contributed by atoms with Crippen LogP contribution in [-0.4, -0.2) is 74.7 Å². The lowest BCUT2D eigenvalue weighted by molar-refractivity contribution is 0.0880. The third-order valence-corrected chi connectivity index (χ3v) is 6.78. The first-order chi connectivity index (χ1) is 16.2. The van der Waals surface area contributed by atoms with Gasteiger partial charge in [0.2, 0.25) is 21.8 Å². The molecule has 1 aromatic carbocycles. The van der Waals surface area contributed by atoms with E-state index in [1.165, 1.54) is 40.7 Å². The summed E-state index contributed by atoms with van der Waals surface area (Å²) >= 11 is 4.73. The highest BCUT2D eigenvalue weighted by Crippen LogP contribution is 2.26. The number of aromatic nitrogens is 1. The maximum absolute atomic E-state index is 12.8. The van der Waals surface area contributed by atoms with Gasteiger partial charge in [0.25, 0.3) is 5.91 Å². The van der Waals surface area contributed by atoms with E-state index in [4.69, 9.17) is 32.2 Å². The van der Waals surface area contributed by atoms with Crippen LogP contribution in [0.3, 0.4) is 0 Å². The van der Waals surface area contributed by atoms with Gasteiger partial charge in [0.1, 0.15) is 11.9 Å². The van der Waals surface area contributed by atoms with Gasteiger partial charge in [-0.05, 0) is 43.4 Å². The van der Waals surface area contributed by atoms with Crippen LogP contribution in [-0.2, 0) is 14.8 Å². The SMILES string of the molecule is COC[C@@H](C)Oc1cc(C(=O)NC(N)=S)cc(Oc2ccc(S(=O)(=O)N3CCNCC3)cc2)n1. The quantitative estimate of drug-likeness (QED) is 0.416. The summed E-state index contributed by atoms with van der Waals surface area (Å²) in [6, 6.07) is 8.80. The average Bonchev–Trinajstić information content (AvgIpc) is 2.79. The van der Waals surface area contributed by atoms with E-state index in [0.29, 0.717) is 38.5 Å².